The molecular formula is C12H10BrFN2O4S. The second-order valence-electron chi connectivity index (χ2n) is 4.19. The van der Waals surface area contributed by atoms with Crippen molar-refractivity contribution in [3.05, 3.63) is 52.1 Å². The number of halogens is 2. The molecule has 0 saturated carbocycles. The monoisotopic (exact) mass is 376 g/mol. The first-order valence-electron chi connectivity index (χ1n) is 5.72. The zero-order chi connectivity index (χ0) is 15.5. The van der Waals surface area contributed by atoms with Crippen LogP contribution < -0.4 is 4.72 Å². The van der Waals surface area contributed by atoms with Gasteiger partial charge in [-0.15, -0.1) is 0 Å². The molecule has 9 heteroatoms. The van der Waals surface area contributed by atoms with Crippen molar-refractivity contribution in [3.63, 3.8) is 0 Å². The van der Waals surface area contributed by atoms with Crippen LogP contribution in [0.1, 0.15) is 11.3 Å². The number of nitrogens with one attached hydrogen (secondary N) is 1. The lowest BCUT2D eigenvalue weighted by Crippen LogP contribution is -2.32. The summed E-state index contributed by atoms with van der Waals surface area (Å²) in [5, 5.41) is 3.46. The molecule has 21 heavy (non-hydrogen) atoms. The summed E-state index contributed by atoms with van der Waals surface area (Å²) < 4.78 is 43.5. The molecule has 112 valence electrons. The molecule has 2 aromatic rings. The van der Waals surface area contributed by atoms with Crippen molar-refractivity contribution in [1.82, 2.24) is 9.88 Å². The van der Waals surface area contributed by atoms with Crippen molar-refractivity contribution in [2.24, 2.45) is 0 Å². The molecular weight excluding hydrogens is 367 g/mol. The van der Waals surface area contributed by atoms with Gasteiger partial charge in [0.15, 0.2) is 0 Å². The summed E-state index contributed by atoms with van der Waals surface area (Å²) >= 11 is 3.17. The number of hydrogen-bond donors (Lipinski definition) is 1. The number of carbonyl (C=O) groups excluding carboxylic acids is 1. The van der Waals surface area contributed by atoms with Gasteiger partial charge in [0.2, 0.25) is 15.9 Å². The molecule has 0 atom stereocenters. The van der Waals surface area contributed by atoms with Crippen LogP contribution in [0.25, 0.3) is 0 Å². The molecule has 6 nitrogen and oxygen atoms in total. The summed E-state index contributed by atoms with van der Waals surface area (Å²) in [5.74, 6) is -1.74. The fourth-order valence-corrected chi connectivity index (χ4v) is 3.02. The number of hydrogen-bond acceptors (Lipinski definition) is 5. The molecule has 0 fully saturated rings. The summed E-state index contributed by atoms with van der Waals surface area (Å²) in [6, 6.07) is 5.22. The Bertz CT molecular complexity index is 747. The van der Waals surface area contributed by atoms with Crippen LogP contribution in [0.4, 0.5) is 4.39 Å². The van der Waals surface area contributed by atoms with E-state index in [9.17, 15) is 17.6 Å². The highest BCUT2D eigenvalue weighted by atomic mass is 79.9. The van der Waals surface area contributed by atoms with E-state index in [4.69, 9.17) is 0 Å². The SMILES string of the molecule is O=C(Cc1cc(F)ccc1Br)NS(=O)(=O)Cc1ccon1. The Morgan fingerprint density at radius 1 is 1.38 bits per heavy atom. The van der Waals surface area contributed by atoms with Gasteiger partial charge in [0.25, 0.3) is 0 Å². The van der Waals surface area contributed by atoms with Gasteiger partial charge in [-0.25, -0.2) is 12.8 Å². The van der Waals surface area contributed by atoms with Gasteiger partial charge >= 0.3 is 0 Å². The fourth-order valence-electron chi connectivity index (χ4n) is 1.60. The van der Waals surface area contributed by atoms with E-state index >= 15 is 0 Å². The van der Waals surface area contributed by atoms with E-state index in [-0.39, 0.29) is 12.1 Å². The molecule has 0 spiro atoms. The molecule has 1 amide bonds. The van der Waals surface area contributed by atoms with Crippen LogP contribution in [0.2, 0.25) is 0 Å². The maximum atomic E-state index is 13.1. The third-order valence-corrected chi connectivity index (χ3v) is 4.45. The predicted molar refractivity (Wildman–Crippen MR) is 75.1 cm³/mol. The van der Waals surface area contributed by atoms with Crippen LogP contribution in [0.15, 0.2) is 39.5 Å². The highest BCUT2D eigenvalue weighted by molar-refractivity contribution is 9.10. The number of sulfonamides is 1. The number of benzene rings is 1. The standard InChI is InChI=1S/C12H10BrFN2O4S/c13-11-2-1-9(14)5-8(11)6-12(17)16-21(18,19)7-10-3-4-20-15-10/h1-5H,6-7H2,(H,16,17). The Labute approximate surface area is 128 Å². The molecule has 1 N–H and O–H groups in total. The van der Waals surface area contributed by atoms with Crippen molar-refractivity contribution in [1.29, 1.82) is 0 Å². The Hall–Kier alpha value is -1.74. The maximum absolute atomic E-state index is 13.1. The first-order valence-corrected chi connectivity index (χ1v) is 8.17. The summed E-state index contributed by atoms with van der Waals surface area (Å²) in [5.41, 5.74) is 0.534. The molecule has 0 radical (unpaired) electrons. The molecule has 1 aromatic heterocycles. The molecule has 0 unspecified atom stereocenters. The normalized spacial score (nSPS) is 11.3. The number of rotatable bonds is 5. The van der Waals surface area contributed by atoms with Gasteiger partial charge in [0.05, 0.1) is 6.42 Å². The minimum atomic E-state index is -3.88. The van der Waals surface area contributed by atoms with Crippen molar-refractivity contribution in [3.8, 4) is 0 Å². The lowest BCUT2D eigenvalue weighted by Gasteiger charge is -2.07. The van der Waals surface area contributed by atoms with E-state index in [2.05, 4.69) is 25.6 Å². The lowest BCUT2D eigenvalue weighted by molar-refractivity contribution is -0.118. The summed E-state index contributed by atoms with van der Waals surface area (Å²) in [6.07, 6.45) is 0.965. The summed E-state index contributed by atoms with van der Waals surface area (Å²) in [7, 11) is -3.88. The minimum absolute atomic E-state index is 0.183. The average Bonchev–Trinajstić information content (AvgIpc) is 2.84. The summed E-state index contributed by atoms with van der Waals surface area (Å²) in [4.78, 5) is 11.7. The number of nitrogens with zero attached hydrogens (tertiary/aromatic N) is 1. The van der Waals surface area contributed by atoms with E-state index in [0.29, 0.717) is 10.0 Å². The zero-order valence-corrected chi connectivity index (χ0v) is 12.9. The maximum Gasteiger partial charge on any atom is 0.240 e. The van der Waals surface area contributed by atoms with Gasteiger partial charge in [-0.2, -0.15) is 0 Å². The topological polar surface area (TPSA) is 89.3 Å². The fraction of sp³-hybridized carbons (Fsp3) is 0.167. The lowest BCUT2D eigenvalue weighted by atomic mass is 10.1. The van der Waals surface area contributed by atoms with E-state index in [1.165, 1.54) is 24.5 Å². The average molecular weight is 377 g/mol. The second-order valence-corrected chi connectivity index (χ2v) is 6.76. The van der Waals surface area contributed by atoms with Gasteiger partial charge in [0, 0.05) is 10.5 Å². The van der Waals surface area contributed by atoms with E-state index in [1.807, 2.05) is 4.72 Å². The highest BCUT2D eigenvalue weighted by Gasteiger charge is 2.18. The number of aromatic nitrogens is 1. The minimum Gasteiger partial charge on any atom is -0.364 e. The van der Waals surface area contributed by atoms with Gasteiger partial charge in [-0.1, -0.05) is 21.1 Å². The Kier molecular flexibility index (Phi) is 4.73. The largest absolute Gasteiger partial charge is 0.364 e. The van der Waals surface area contributed by atoms with Crippen LogP contribution in [0.5, 0.6) is 0 Å². The van der Waals surface area contributed by atoms with Crippen LogP contribution >= 0.6 is 15.9 Å². The molecule has 1 aromatic carbocycles. The van der Waals surface area contributed by atoms with Gasteiger partial charge in [-0.3, -0.25) is 9.52 Å². The Morgan fingerprint density at radius 3 is 2.81 bits per heavy atom. The highest BCUT2D eigenvalue weighted by Crippen LogP contribution is 2.18. The third kappa shape index (κ3) is 4.64. The first-order chi connectivity index (χ1) is 9.85. The van der Waals surface area contributed by atoms with E-state index in [0.717, 1.165) is 6.07 Å². The first kappa shape index (κ1) is 15.6. The Balaban J connectivity index is 2.02. The molecule has 0 aliphatic carbocycles. The molecule has 0 bridgehead atoms. The van der Waals surface area contributed by atoms with Crippen LogP contribution in [0.3, 0.4) is 0 Å². The van der Waals surface area contributed by atoms with Crippen LogP contribution in [0, 0.1) is 5.82 Å². The molecule has 2 rings (SSSR count). The van der Waals surface area contributed by atoms with Crippen molar-refractivity contribution >= 4 is 31.9 Å². The number of amides is 1. The van der Waals surface area contributed by atoms with Gasteiger partial charge < -0.3 is 4.52 Å². The smallest absolute Gasteiger partial charge is 0.240 e. The van der Waals surface area contributed by atoms with Crippen LogP contribution in [-0.4, -0.2) is 19.5 Å². The van der Waals surface area contributed by atoms with Gasteiger partial charge in [-0.05, 0) is 23.8 Å². The predicted octanol–water partition coefficient (Wildman–Crippen LogP) is 1.76. The van der Waals surface area contributed by atoms with Crippen molar-refractivity contribution in [2.75, 3.05) is 0 Å². The van der Waals surface area contributed by atoms with E-state index in [1.54, 1.807) is 0 Å². The van der Waals surface area contributed by atoms with Gasteiger partial charge in [0.1, 0.15) is 23.5 Å². The molecule has 1 heterocycles. The van der Waals surface area contributed by atoms with Crippen molar-refractivity contribution in [2.45, 2.75) is 12.2 Å². The zero-order valence-electron chi connectivity index (χ0n) is 10.5. The molecule has 0 aliphatic heterocycles. The quantitative estimate of drug-likeness (QED) is 0.858. The van der Waals surface area contributed by atoms with E-state index < -0.39 is 27.5 Å². The Morgan fingerprint density at radius 2 is 2.14 bits per heavy atom. The second kappa shape index (κ2) is 6.35. The third-order valence-electron chi connectivity index (χ3n) is 2.46. The molecule has 0 aliphatic rings. The molecule has 0 saturated heterocycles. The number of carbonyl (C=O) groups is 1. The van der Waals surface area contributed by atoms with Crippen LogP contribution in [-0.2, 0) is 27.0 Å². The van der Waals surface area contributed by atoms with Crippen molar-refractivity contribution < 1.29 is 22.1 Å². The summed E-state index contributed by atoms with van der Waals surface area (Å²) in [6.45, 7) is 0.